The number of carbonyl (C=O) groups excluding carboxylic acids is 1. The molecule has 0 fully saturated rings. The van der Waals surface area contributed by atoms with Crippen molar-refractivity contribution >= 4 is 28.9 Å². The SMILES string of the molecule is Cc1cc(NCC(=O)[O-])c([N+](=O)[O-])cc1Cl.[K+]. The topological polar surface area (TPSA) is 95.3 Å². The Hall–Kier alpha value is -0.184. The van der Waals surface area contributed by atoms with Gasteiger partial charge in [0.15, 0.2) is 0 Å². The first-order valence-electron chi connectivity index (χ1n) is 4.30. The van der Waals surface area contributed by atoms with Gasteiger partial charge in [0.25, 0.3) is 5.69 Å². The van der Waals surface area contributed by atoms with Crippen molar-refractivity contribution in [3.05, 3.63) is 32.8 Å². The fourth-order valence-electron chi connectivity index (χ4n) is 1.13. The summed E-state index contributed by atoms with van der Waals surface area (Å²) in [6.45, 7) is 1.16. The van der Waals surface area contributed by atoms with E-state index >= 15 is 0 Å². The van der Waals surface area contributed by atoms with E-state index in [1.807, 2.05) is 0 Å². The van der Waals surface area contributed by atoms with Gasteiger partial charge < -0.3 is 15.2 Å². The summed E-state index contributed by atoms with van der Waals surface area (Å²) in [5.41, 5.74) is 0.459. The van der Waals surface area contributed by atoms with Crippen LogP contribution in [0.15, 0.2) is 12.1 Å². The molecule has 0 aliphatic rings. The second-order valence-corrected chi connectivity index (χ2v) is 3.51. The minimum Gasteiger partial charge on any atom is -0.548 e. The van der Waals surface area contributed by atoms with Crippen LogP contribution in [0.1, 0.15) is 5.56 Å². The number of nitrogens with one attached hydrogen (secondary N) is 1. The molecule has 6 nitrogen and oxygen atoms in total. The van der Waals surface area contributed by atoms with Crippen molar-refractivity contribution in [1.29, 1.82) is 0 Å². The van der Waals surface area contributed by atoms with Gasteiger partial charge in [-0.05, 0) is 18.6 Å². The van der Waals surface area contributed by atoms with Crippen LogP contribution < -0.4 is 61.8 Å². The zero-order valence-corrected chi connectivity index (χ0v) is 13.2. The summed E-state index contributed by atoms with van der Waals surface area (Å²) in [5.74, 6) is -1.35. The molecule has 0 aliphatic carbocycles. The number of hydrogen-bond donors (Lipinski definition) is 1. The van der Waals surface area contributed by atoms with Gasteiger partial charge in [-0.1, -0.05) is 11.6 Å². The predicted molar refractivity (Wildman–Crippen MR) is 56.3 cm³/mol. The first-order chi connectivity index (χ1) is 7.41. The Kier molecular flexibility index (Phi) is 7.22. The minimum absolute atomic E-state index is 0. The van der Waals surface area contributed by atoms with Crippen LogP contribution in [0.4, 0.5) is 11.4 Å². The number of anilines is 1. The Bertz CT molecular complexity index is 453. The van der Waals surface area contributed by atoms with Gasteiger partial charge in [-0.15, -0.1) is 0 Å². The monoisotopic (exact) mass is 282 g/mol. The van der Waals surface area contributed by atoms with Crippen molar-refractivity contribution in [2.24, 2.45) is 0 Å². The Balaban J connectivity index is 0.00000256. The zero-order valence-electron chi connectivity index (χ0n) is 9.32. The molecule has 0 radical (unpaired) electrons. The molecule has 8 heteroatoms. The van der Waals surface area contributed by atoms with E-state index in [4.69, 9.17) is 11.6 Å². The van der Waals surface area contributed by atoms with Crippen LogP contribution in [0.2, 0.25) is 5.02 Å². The molecule has 0 unspecified atom stereocenters. The number of halogens is 1. The summed E-state index contributed by atoms with van der Waals surface area (Å²) >= 11 is 5.73. The van der Waals surface area contributed by atoms with Crippen LogP contribution in [-0.2, 0) is 4.79 Å². The molecule has 0 amide bonds. The molecule has 17 heavy (non-hydrogen) atoms. The molecule has 0 heterocycles. The van der Waals surface area contributed by atoms with Crippen LogP contribution in [0.3, 0.4) is 0 Å². The van der Waals surface area contributed by atoms with Crippen molar-refractivity contribution in [2.45, 2.75) is 6.92 Å². The number of rotatable bonds is 4. The van der Waals surface area contributed by atoms with E-state index in [-0.39, 0.29) is 67.8 Å². The third-order valence-electron chi connectivity index (χ3n) is 1.90. The summed E-state index contributed by atoms with van der Waals surface area (Å²) in [7, 11) is 0. The Morgan fingerprint density at radius 1 is 1.53 bits per heavy atom. The molecule has 0 aliphatic heterocycles. The smallest absolute Gasteiger partial charge is 0.548 e. The maximum atomic E-state index is 10.7. The third kappa shape index (κ3) is 4.90. The number of carboxylic acid groups (broad SMARTS) is 1. The van der Waals surface area contributed by atoms with Crippen LogP contribution in [0, 0.1) is 17.0 Å². The zero-order chi connectivity index (χ0) is 12.3. The maximum absolute atomic E-state index is 10.7. The molecule has 0 bridgehead atoms. The fraction of sp³-hybridized carbons (Fsp3) is 0.222. The second kappa shape index (κ2) is 7.29. The number of aliphatic carboxylic acids is 1. The number of hydrogen-bond acceptors (Lipinski definition) is 5. The van der Waals surface area contributed by atoms with Gasteiger partial charge in [0.2, 0.25) is 0 Å². The number of carbonyl (C=O) groups is 1. The van der Waals surface area contributed by atoms with Crippen molar-refractivity contribution in [3.8, 4) is 0 Å². The van der Waals surface area contributed by atoms with E-state index in [1.165, 1.54) is 12.1 Å². The molecule has 1 rings (SSSR count). The number of nitro groups is 1. The molecule has 1 aromatic carbocycles. The average Bonchev–Trinajstić information content (AvgIpc) is 2.18. The van der Waals surface area contributed by atoms with Crippen LogP contribution in [0.5, 0.6) is 0 Å². The molecule has 1 aromatic rings. The van der Waals surface area contributed by atoms with Crippen LogP contribution in [-0.4, -0.2) is 17.4 Å². The largest absolute Gasteiger partial charge is 1.00 e. The van der Waals surface area contributed by atoms with Crippen molar-refractivity contribution in [1.82, 2.24) is 0 Å². The van der Waals surface area contributed by atoms with Crippen LogP contribution >= 0.6 is 11.6 Å². The molecular weight excluding hydrogens is 275 g/mol. The fourth-order valence-corrected chi connectivity index (χ4v) is 1.29. The Labute approximate surface area is 145 Å². The summed E-state index contributed by atoms with van der Waals surface area (Å²) in [5, 5.41) is 23.6. The van der Waals surface area contributed by atoms with E-state index < -0.39 is 17.4 Å². The number of aryl methyl sites for hydroxylation is 1. The Morgan fingerprint density at radius 2 is 2.12 bits per heavy atom. The summed E-state index contributed by atoms with van der Waals surface area (Å²) in [4.78, 5) is 20.3. The number of nitrogens with zero attached hydrogens (tertiary/aromatic N) is 1. The average molecular weight is 283 g/mol. The number of nitro benzene ring substituents is 1. The van der Waals surface area contributed by atoms with E-state index in [0.29, 0.717) is 5.56 Å². The normalized spacial score (nSPS) is 9.29. The number of benzene rings is 1. The van der Waals surface area contributed by atoms with Gasteiger partial charge in [0.1, 0.15) is 5.69 Å². The predicted octanol–water partition coefficient (Wildman–Crippen LogP) is -2.28. The van der Waals surface area contributed by atoms with E-state index in [9.17, 15) is 20.0 Å². The van der Waals surface area contributed by atoms with E-state index in [0.717, 1.165) is 0 Å². The second-order valence-electron chi connectivity index (χ2n) is 3.10. The minimum atomic E-state index is -1.35. The first-order valence-corrected chi connectivity index (χ1v) is 4.68. The van der Waals surface area contributed by atoms with Crippen molar-refractivity contribution in [2.75, 3.05) is 11.9 Å². The van der Waals surface area contributed by atoms with Gasteiger partial charge in [0.05, 0.1) is 22.5 Å². The van der Waals surface area contributed by atoms with Gasteiger partial charge in [0, 0.05) is 6.07 Å². The molecule has 86 valence electrons. The first kappa shape index (κ1) is 16.8. The Morgan fingerprint density at radius 3 is 2.59 bits per heavy atom. The van der Waals surface area contributed by atoms with Crippen molar-refractivity contribution < 1.29 is 66.2 Å². The van der Waals surface area contributed by atoms with Gasteiger partial charge in [-0.25, -0.2) is 0 Å². The molecule has 0 saturated carbocycles. The standard InChI is InChI=1S/C9H9ClN2O4.K/c1-5-2-7(11-4-9(13)14)8(12(15)16)3-6(5)10;/h2-3,11H,4H2,1H3,(H,13,14);/q;+1/p-1. The summed E-state index contributed by atoms with van der Waals surface area (Å²) in [6.07, 6.45) is 0. The molecule has 0 atom stereocenters. The van der Waals surface area contributed by atoms with Gasteiger partial charge >= 0.3 is 51.4 Å². The molecule has 0 aromatic heterocycles. The quantitative estimate of drug-likeness (QED) is 0.381. The number of carboxylic acids is 1. The molecule has 0 saturated heterocycles. The molecule has 1 N–H and O–H groups in total. The van der Waals surface area contributed by atoms with Crippen molar-refractivity contribution in [3.63, 3.8) is 0 Å². The molecular formula is C9H8ClKN2O4. The molecule has 0 spiro atoms. The summed E-state index contributed by atoms with van der Waals surface area (Å²) < 4.78 is 0. The summed E-state index contributed by atoms with van der Waals surface area (Å²) in [6, 6.07) is 2.60. The third-order valence-corrected chi connectivity index (χ3v) is 2.30. The van der Waals surface area contributed by atoms with Gasteiger partial charge in [-0.2, -0.15) is 0 Å². The van der Waals surface area contributed by atoms with E-state index in [1.54, 1.807) is 6.92 Å². The van der Waals surface area contributed by atoms with E-state index in [2.05, 4.69) is 5.32 Å². The van der Waals surface area contributed by atoms with Gasteiger partial charge in [-0.3, -0.25) is 10.1 Å². The van der Waals surface area contributed by atoms with Crippen LogP contribution in [0.25, 0.3) is 0 Å². The maximum Gasteiger partial charge on any atom is 1.00 e.